The molecule has 1 amide bonds. The van der Waals surface area contributed by atoms with Crippen molar-refractivity contribution in [2.24, 2.45) is 5.73 Å². The lowest BCUT2D eigenvalue weighted by molar-refractivity contribution is -0.114. The Balaban J connectivity index is 1.47. The van der Waals surface area contributed by atoms with Crippen LogP contribution in [0.15, 0.2) is 65.6 Å². The van der Waals surface area contributed by atoms with Crippen LogP contribution in [0.3, 0.4) is 0 Å². The molecule has 2 aromatic carbocycles. The van der Waals surface area contributed by atoms with E-state index in [9.17, 15) is 9.18 Å². The topological polar surface area (TPSA) is 91.7 Å². The maximum atomic E-state index is 14.1. The van der Waals surface area contributed by atoms with Gasteiger partial charge in [0.1, 0.15) is 11.6 Å². The van der Waals surface area contributed by atoms with E-state index in [1.807, 2.05) is 12.1 Å². The number of nitrogens with two attached hydrogens (primary N) is 1. The lowest BCUT2D eigenvalue weighted by Crippen LogP contribution is -2.36. The van der Waals surface area contributed by atoms with Gasteiger partial charge in [-0.05, 0) is 36.4 Å². The number of nitrogens with one attached hydrogen (secondary N) is 3. The minimum Gasteiger partial charge on any atom is -0.380 e. The zero-order valence-electron chi connectivity index (χ0n) is 17.5. The van der Waals surface area contributed by atoms with E-state index in [1.165, 1.54) is 6.07 Å². The lowest BCUT2D eigenvalue weighted by atomic mass is 10.1. The first-order chi connectivity index (χ1) is 15.5. The summed E-state index contributed by atoms with van der Waals surface area (Å²) >= 11 is 6.11. The number of morpholine rings is 1. The van der Waals surface area contributed by atoms with Crippen molar-refractivity contribution >= 4 is 28.9 Å². The number of hydrogen-bond acceptors (Lipinski definition) is 6. The molecular weight excluding hydrogens is 433 g/mol. The van der Waals surface area contributed by atoms with E-state index in [-0.39, 0.29) is 13.1 Å². The van der Waals surface area contributed by atoms with Gasteiger partial charge in [-0.1, -0.05) is 17.7 Å². The fraction of sp³-hybridized carbons (Fsp3) is 0.261. The largest absolute Gasteiger partial charge is 0.380 e. The monoisotopic (exact) mass is 457 g/mol. The van der Waals surface area contributed by atoms with Gasteiger partial charge in [-0.15, -0.1) is 0 Å². The Morgan fingerprint density at radius 3 is 2.62 bits per heavy atom. The van der Waals surface area contributed by atoms with Gasteiger partial charge in [0.05, 0.1) is 18.8 Å². The lowest BCUT2D eigenvalue weighted by Gasteiger charge is -2.29. The van der Waals surface area contributed by atoms with Gasteiger partial charge in [-0.3, -0.25) is 4.79 Å². The van der Waals surface area contributed by atoms with Crippen LogP contribution in [0.5, 0.6) is 0 Å². The van der Waals surface area contributed by atoms with Crippen LogP contribution < -0.4 is 26.6 Å². The molecule has 32 heavy (non-hydrogen) atoms. The second-order valence-electron chi connectivity index (χ2n) is 7.49. The smallest absolute Gasteiger partial charge is 0.248 e. The quantitative estimate of drug-likeness (QED) is 0.511. The summed E-state index contributed by atoms with van der Waals surface area (Å²) in [5.41, 5.74) is 8.79. The number of allylic oxidation sites excluding steroid dienone is 1. The molecule has 2 heterocycles. The first kappa shape index (κ1) is 22.0. The van der Waals surface area contributed by atoms with Crippen molar-refractivity contribution in [2.75, 3.05) is 43.1 Å². The molecule has 168 valence electrons. The van der Waals surface area contributed by atoms with E-state index in [1.54, 1.807) is 18.2 Å². The zero-order chi connectivity index (χ0) is 22.5. The molecule has 0 radical (unpaired) electrons. The summed E-state index contributed by atoms with van der Waals surface area (Å²) < 4.78 is 19.5. The molecule has 9 heteroatoms. The summed E-state index contributed by atoms with van der Waals surface area (Å²) in [6.07, 6.45) is 1.74. The van der Waals surface area contributed by atoms with Crippen molar-refractivity contribution in [3.8, 4) is 0 Å². The molecule has 0 aromatic heterocycles. The van der Waals surface area contributed by atoms with Gasteiger partial charge in [-0.25, -0.2) is 4.39 Å². The first-order valence-electron chi connectivity index (χ1n) is 10.4. The van der Waals surface area contributed by atoms with Crippen molar-refractivity contribution in [3.63, 3.8) is 0 Å². The number of halogens is 2. The Bertz CT molecular complexity index is 1030. The van der Waals surface area contributed by atoms with Crippen LogP contribution >= 0.6 is 11.6 Å². The number of hydrogen-bond donors (Lipinski definition) is 4. The Morgan fingerprint density at radius 2 is 1.94 bits per heavy atom. The molecule has 4 rings (SSSR count). The maximum absolute atomic E-state index is 14.1. The molecule has 1 saturated heterocycles. The maximum Gasteiger partial charge on any atom is 0.248 e. The van der Waals surface area contributed by atoms with Crippen LogP contribution in [0.25, 0.3) is 0 Å². The number of primary amides is 1. The number of ether oxygens (including phenoxy) is 1. The summed E-state index contributed by atoms with van der Waals surface area (Å²) in [5, 5.41) is 9.87. The fourth-order valence-corrected chi connectivity index (χ4v) is 3.87. The molecule has 1 fully saturated rings. The third-order valence-corrected chi connectivity index (χ3v) is 5.76. The molecule has 0 spiro atoms. The minimum atomic E-state index is -0.551. The third kappa shape index (κ3) is 5.15. The highest BCUT2D eigenvalue weighted by Crippen LogP contribution is 2.22. The molecule has 0 saturated carbocycles. The Morgan fingerprint density at radius 1 is 1.19 bits per heavy atom. The summed E-state index contributed by atoms with van der Waals surface area (Å²) in [6, 6.07) is 12.6. The number of dihydropyridines is 1. The summed E-state index contributed by atoms with van der Waals surface area (Å²) in [6.45, 7) is 3.59. The second kappa shape index (κ2) is 9.93. The standard InChI is InChI=1S/C23H25ClFN5O2/c24-19-2-1-3-20(25)17(19)13-27-21-12-22(28-14-18(21)23(26)31)29-15-4-6-16(7-5-15)30-8-10-32-11-9-30/h1-7,12,27-29H,8-11,13-14H2,(H2,26,31). The fourth-order valence-electron chi connectivity index (χ4n) is 3.64. The number of benzene rings is 2. The Kier molecular flexibility index (Phi) is 6.82. The molecule has 2 aliphatic heterocycles. The van der Waals surface area contributed by atoms with Crippen LogP contribution in [0, 0.1) is 5.82 Å². The number of anilines is 2. The van der Waals surface area contributed by atoms with Gasteiger partial charge < -0.3 is 31.3 Å². The third-order valence-electron chi connectivity index (χ3n) is 5.41. The van der Waals surface area contributed by atoms with E-state index in [0.29, 0.717) is 27.7 Å². The van der Waals surface area contributed by atoms with Crippen LogP contribution in [0.1, 0.15) is 5.56 Å². The zero-order valence-corrected chi connectivity index (χ0v) is 18.2. The number of rotatable bonds is 7. The van der Waals surface area contributed by atoms with Crippen molar-refractivity contribution in [2.45, 2.75) is 6.54 Å². The van der Waals surface area contributed by atoms with Crippen LogP contribution in [0.2, 0.25) is 5.02 Å². The average Bonchev–Trinajstić information content (AvgIpc) is 2.80. The number of amides is 1. The van der Waals surface area contributed by atoms with Crippen LogP contribution in [0.4, 0.5) is 15.8 Å². The van der Waals surface area contributed by atoms with Crippen LogP contribution in [-0.4, -0.2) is 38.8 Å². The average molecular weight is 458 g/mol. The van der Waals surface area contributed by atoms with E-state index in [0.717, 1.165) is 37.7 Å². The van der Waals surface area contributed by atoms with E-state index in [4.69, 9.17) is 22.1 Å². The van der Waals surface area contributed by atoms with E-state index >= 15 is 0 Å². The predicted molar refractivity (Wildman–Crippen MR) is 124 cm³/mol. The second-order valence-corrected chi connectivity index (χ2v) is 7.90. The van der Waals surface area contributed by atoms with Crippen molar-refractivity contribution < 1.29 is 13.9 Å². The predicted octanol–water partition coefficient (Wildman–Crippen LogP) is 2.70. The van der Waals surface area contributed by atoms with Crippen LogP contribution in [-0.2, 0) is 16.1 Å². The first-order valence-corrected chi connectivity index (χ1v) is 10.7. The number of carbonyl (C=O) groups excluding carboxylic acids is 1. The minimum absolute atomic E-state index is 0.121. The van der Waals surface area contributed by atoms with E-state index < -0.39 is 11.7 Å². The van der Waals surface area contributed by atoms with Gasteiger partial charge >= 0.3 is 0 Å². The van der Waals surface area contributed by atoms with Gasteiger partial charge in [-0.2, -0.15) is 0 Å². The molecule has 2 aromatic rings. The van der Waals surface area contributed by atoms with Gasteiger partial charge in [0.25, 0.3) is 0 Å². The molecule has 0 atom stereocenters. The molecule has 7 nitrogen and oxygen atoms in total. The summed E-state index contributed by atoms with van der Waals surface area (Å²) in [7, 11) is 0. The molecule has 5 N–H and O–H groups in total. The molecular formula is C23H25ClFN5O2. The van der Waals surface area contributed by atoms with Gasteiger partial charge in [0, 0.05) is 59.9 Å². The normalized spacial score (nSPS) is 16.3. The van der Waals surface area contributed by atoms with Crippen molar-refractivity contribution in [1.29, 1.82) is 0 Å². The van der Waals surface area contributed by atoms with E-state index in [2.05, 4.69) is 33.0 Å². The molecule has 0 bridgehead atoms. The van der Waals surface area contributed by atoms with Gasteiger partial charge in [0.15, 0.2) is 0 Å². The molecule has 2 aliphatic rings. The number of carbonyl (C=O) groups is 1. The molecule has 0 unspecified atom stereocenters. The highest BCUT2D eigenvalue weighted by atomic mass is 35.5. The Hall–Kier alpha value is -3.23. The SMILES string of the molecule is NC(=O)C1=C(NCc2c(F)cccc2Cl)C=C(Nc2ccc(N3CCOCC3)cc2)NC1. The highest BCUT2D eigenvalue weighted by Gasteiger charge is 2.18. The number of nitrogens with zero attached hydrogens (tertiary/aromatic N) is 1. The van der Waals surface area contributed by atoms with Crippen molar-refractivity contribution in [3.05, 3.63) is 82.0 Å². The van der Waals surface area contributed by atoms with Crippen molar-refractivity contribution in [1.82, 2.24) is 10.6 Å². The summed E-state index contributed by atoms with van der Waals surface area (Å²) in [5.74, 6) is -0.274. The Labute approximate surface area is 191 Å². The molecule has 0 aliphatic carbocycles. The summed E-state index contributed by atoms with van der Waals surface area (Å²) in [4.78, 5) is 14.2. The highest BCUT2D eigenvalue weighted by molar-refractivity contribution is 6.31. The van der Waals surface area contributed by atoms with Gasteiger partial charge in [0.2, 0.25) is 5.91 Å².